The summed E-state index contributed by atoms with van der Waals surface area (Å²) in [6.07, 6.45) is 0.861. The number of aryl methyl sites for hydroxylation is 1. The Morgan fingerprint density at radius 2 is 2.21 bits per heavy atom. The first-order valence-electron chi connectivity index (χ1n) is 6.46. The lowest BCUT2D eigenvalue weighted by Gasteiger charge is -2.21. The van der Waals surface area contributed by atoms with Crippen molar-refractivity contribution in [1.82, 2.24) is 10.3 Å². The zero-order valence-corrected chi connectivity index (χ0v) is 11.9. The lowest BCUT2D eigenvalue weighted by molar-refractivity contribution is -0.144. The van der Waals surface area contributed by atoms with E-state index in [1.54, 1.807) is 12.1 Å². The van der Waals surface area contributed by atoms with Crippen LogP contribution in [0.25, 0.3) is 0 Å². The number of hydrogen-bond acceptors (Lipinski definition) is 5. The number of hydrogen-bond donors (Lipinski definition) is 2. The fraction of sp³-hybridized carbons (Fsp3) is 0.571. The summed E-state index contributed by atoms with van der Waals surface area (Å²) in [5.41, 5.74) is 1.37. The highest BCUT2D eigenvalue weighted by Gasteiger charge is 2.24. The molecule has 0 fully saturated rings. The topological polar surface area (TPSA) is 71.5 Å². The molecule has 0 aliphatic carbocycles. The van der Waals surface area contributed by atoms with Crippen LogP contribution in [-0.4, -0.2) is 29.2 Å². The van der Waals surface area contributed by atoms with Gasteiger partial charge in [0.25, 0.3) is 0 Å². The number of esters is 1. The van der Waals surface area contributed by atoms with E-state index in [0.717, 1.165) is 12.1 Å². The van der Waals surface area contributed by atoms with Crippen molar-refractivity contribution in [3.8, 4) is 5.75 Å². The van der Waals surface area contributed by atoms with Gasteiger partial charge >= 0.3 is 5.97 Å². The highest BCUT2D eigenvalue weighted by Crippen LogP contribution is 2.16. The zero-order valence-electron chi connectivity index (χ0n) is 11.9. The van der Waals surface area contributed by atoms with Crippen molar-refractivity contribution in [2.24, 2.45) is 5.92 Å². The molecule has 0 saturated heterocycles. The summed E-state index contributed by atoms with van der Waals surface area (Å²) in [7, 11) is 1.38. The number of aromatic nitrogens is 1. The van der Waals surface area contributed by atoms with Gasteiger partial charge < -0.3 is 9.84 Å². The summed E-state index contributed by atoms with van der Waals surface area (Å²) in [6, 6.07) is 2.96. The van der Waals surface area contributed by atoms with Crippen LogP contribution in [0.5, 0.6) is 5.75 Å². The van der Waals surface area contributed by atoms with E-state index in [1.807, 2.05) is 20.8 Å². The van der Waals surface area contributed by atoms with E-state index in [4.69, 9.17) is 4.74 Å². The van der Waals surface area contributed by atoms with Gasteiger partial charge in [0.2, 0.25) is 0 Å². The molecule has 106 valence electrons. The van der Waals surface area contributed by atoms with E-state index in [-0.39, 0.29) is 17.6 Å². The zero-order chi connectivity index (χ0) is 14.4. The normalized spacial score (nSPS) is 13.9. The minimum absolute atomic E-state index is 0.130. The average molecular weight is 266 g/mol. The molecule has 0 aliphatic rings. The van der Waals surface area contributed by atoms with Crippen LogP contribution in [0.1, 0.15) is 31.7 Å². The van der Waals surface area contributed by atoms with Crippen molar-refractivity contribution in [3.05, 3.63) is 23.5 Å². The second-order valence-corrected chi connectivity index (χ2v) is 4.69. The molecule has 0 saturated carbocycles. The van der Waals surface area contributed by atoms with Gasteiger partial charge in [-0.1, -0.05) is 20.3 Å². The fourth-order valence-corrected chi connectivity index (χ4v) is 1.82. The molecule has 1 heterocycles. The molecule has 1 aromatic heterocycles. The summed E-state index contributed by atoms with van der Waals surface area (Å²) < 4.78 is 4.79. The van der Waals surface area contributed by atoms with Gasteiger partial charge in [-0.15, -0.1) is 0 Å². The highest BCUT2D eigenvalue weighted by molar-refractivity contribution is 5.75. The number of rotatable bonds is 6. The van der Waals surface area contributed by atoms with Gasteiger partial charge in [0.1, 0.15) is 11.8 Å². The van der Waals surface area contributed by atoms with E-state index < -0.39 is 6.04 Å². The summed E-state index contributed by atoms with van der Waals surface area (Å²) >= 11 is 0. The van der Waals surface area contributed by atoms with Crippen molar-refractivity contribution in [3.63, 3.8) is 0 Å². The number of pyridine rings is 1. The molecule has 2 unspecified atom stereocenters. The molecular formula is C14H22N2O3. The monoisotopic (exact) mass is 266 g/mol. The molecule has 0 spiro atoms. The first-order valence-corrected chi connectivity index (χ1v) is 6.46. The van der Waals surface area contributed by atoms with Crippen molar-refractivity contribution in [2.45, 2.75) is 39.8 Å². The van der Waals surface area contributed by atoms with Crippen LogP contribution in [0.4, 0.5) is 0 Å². The molecule has 0 aliphatic heterocycles. The fourth-order valence-electron chi connectivity index (χ4n) is 1.82. The SMILES string of the molecule is CCC(C)C(NCc1nc(C)ccc1O)C(=O)OC. The molecule has 0 bridgehead atoms. The predicted molar refractivity (Wildman–Crippen MR) is 72.7 cm³/mol. The van der Waals surface area contributed by atoms with Crippen molar-refractivity contribution in [1.29, 1.82) is 0 Å². The maximum atomic E-state index is 11.7. The molecule has 2 atom stereocenters. The van der Waals surface area contributed by atoms with Crippen LogP contribution < -0.4 is 5.32 Å². The average Bonchev–Trinajstić information content (AvgIpc) is 2.41. The lowest BCUT2D eigenvalue weighted by Crippen LogP contribution is -2.42. The van der Waals surface area contributed by atoms with Crippen LogP contribution in [0.3, 0.4) is 0 Å². The summed E-state index contributed by atoms with van der Waals surface area (Å²) in [6.45, 7) is 6.19. The lowest BCUT2D eigenvalue weighted by atomic mass is 9.99. The number of aromatic hydroxyl groups is 1. The first-order chi connectivity index (χ1) is 8.99. The first kappa shape index (κ1) is 15.4. The largest absolute Gasteiger partial charge is 0.506 e. The third-order valence-electron chi connectivity index (χ3n) is 3.25. The Morgan fingerprint density at radius 3 is 2.79 bits per heavy atom. The van der Waals surface area contributed by atoms with Gasteiger partial charge in [0, 0.05) is 12.2 Å². The van der Waals surface area contributed by atoms with E-state index in [0.29, 0.717) is 12.2 Å². The predicted octanol–water partition coefficient (Wildman–Crippen LogP) is 1.77. The summed E-state index contributed by atoms with van der Waals surface area (Å²) in [5, 5.41) is 12.8. The Morgan fingerprint density at radius 1 is 1.53 bits per heavy atom. The minimum atomic E-state index is -0.392. The number of ether oxygens (including phenoxy) is 1. The quantitative estimate of drug-likeness (QED) is 0.768. The van der Waals surface area contributed by atoms with E-state index in [1.165, 1.54) is 7.11 Å². The van der Waals surface area contributed by atoms with Crippen LogP contribution in [0.2, 0.25) is 0 Å². The minimum Gasteiger partial charge on any atom is -0.506 e. The van der Waals surface area contributed by atoms with Gasteiger partial charge in [0.15, 0.2) is 0 Å². The third kappa shape index (κ3) is 4.21. The van der Waals surface area contributed by atoms with E-state index in [9.17, 15) is 9.90 Å². The molecule has 5 heteroatoms. The number of carbonyl (C=O) groups is 1. The second-order valence-electron chi connectivity index (χ2n) is 4.69. The molecular weight excluding hydrogens is 244 g/mol. The Hall–Kier alpha value is -1.62. The number of methoxy groups -OCH3 is 1. The molecule has 1 rings (SSSR count). The van der Waals surface area contributed by atoms with E-state index >= 15 is 0 Å². The van der Waals surface area contributed by atoms with Crippen molar-refractivity contribution in [2.75, 3.05) is 7.11 Å². The number of nitrogens with zero attached hydrogens (tertiary/aromatic N) is 1. The maximum absolute atomic E-state index is 11.7. The number of carbonyl (C=O) groups excluding carboxylic acids is 1. The Bertz CT molecular complexity index is 435. The Balaban J connectivity index is 2.75. The van der Waals surface area contributed by atoms with Gasteiger partial charge in [-0.05, 0) is 25.0 Å². The van der Waals surface area contributed by atoms with Gasteiger partial charge in [-0.25, -0.2) is 0 Å². The standard InChI is InChI=1S/C14H22N2O3/c1-5-9(2)13(14(18)19-4)15-8-11-12(17)7-6-10(3)16-11/h6-7,9,13,15,17H,5,8H2,1-4H3. The van der Waals surface area contributed by atoms with Gasteiger partial charge in [-0.2, -0.15) is 0 Å². The molecule has 2 N–H and O–H groups in total. The van der Waals surface area contributed by atoms with Crippen molar-refractivity contribution >= 4 is 5.97 Å². The molecule has 5 nitrogen and oxygen atoms in total. The summed E-state index contributed by atoms with van der Waals surface area (Å²) in [4.78, 5) is 16.0. The smallest absolute Gasteiger partial charge is 0.323 e. The van der Waals surface area contributed by atoms with Crippen LogP contribution in [0.15, 0.2) is 12.1 Å². The molecule has 0 aromatic carbocycles. The summed E-state index contributed by atoms with van der Waals surface area (Å²) in [5.74, 6) is -0.00763. The van der Waals surface area contributed by atoms with Crippen LogP contribution in [0, 0.1) is 12.8 Å². The molecule has 1 aromatic rings. The van der Waals surface area contributed by atoms with Crippen molar-refractivity contribution < 1.29 is 14.6 Å². The molecule has 19 heavy (non-hydrogen) atoms. The van der Waals surface area contributed by atoms with Gasteiger partial charge in [0.05, 0.1) is 12.8 Å². The molecule has 0 amide bonds. The Labute approximate surface area is 114 Å². The van der Waals surface area contributed by atoms with E-state index in [2.05, 4.69) is 10.3 Å². The number of nitrogens with one attached hydrogen (secondary N) is 1. The highest BCUT2D eigenvalue weighted by atomic mass is 16.5. The Kier molecular flexibility index (Phi) is 5.76. The van der Waals surface area contributed by atoms with Crippen LogP contribution >= 0.6 is 0 Å². The molecule has 0 radical (unpaired) electrons. The van der Waals surface area contributed by atoms with Crippen LogP contribution in [-0.2, 0) is 16.1 Å². The maximum Gasteiger partial charge on any atom is 0.323 e. The second kappa shape index (κ2) is 7.09. The van der Waals surface area contributed by atoms with Gasteiger partial charge in [-0.3, -0.25) is 15.1 Å². The third-order valence-corrected chi connectivity index (χ3v) is 3.25.